The summed E-state index contributed by atoms with van der Waals surface area (Å²) in [5.41, 5.74) is 1.75. The maximum Gasteiger partial charge on any atom is 0.120 e. The number of benzene rings is 1. The van der Waals surface area contributed by atoms with Crippen LogP contribution in [0.4, 0.5) is 0 Å². The summed E-state index contributed by atoms with van der Waals surface area (Å²) in [5.74, 6) is 0. The summed E-state index contributed by atoms with van der Waals surface area (Å²) >= 11 is 3.41. The summed E-state index contributed by atoms with van der Waals surface area (Å²) in [4.78, 5) is 10.1. The Hall–Kier alpha value is -1.14. The van der Waals surface area contributed by atoms with E-state index in [1.165, 1.54) is 0 Å². The molecule has 0 atom stereocenters. The van der Waals surface area contributed by atoms with Crippen LogP contribution in [0.3, 0.4) is 0 Å². The van der Waals surface area contributed by atoms with Crippen LogP contribution >= 0.6 is 15.9 Å². The maximum atomic E-state index is 10.1. The minimum absolute atomic E-state index is 0.573. The minimum atomic E-state index is 0.573. The average Bonchev–Trinajstić information content (AvgIpc) is 2.21. The molecular weight excluding hydrogens is 242 g/mol. The van der Waals surface area contributed by atoms with Crippen LogP contribution in [0.2, 0.25) is 0 Å². The van der Waals surface area contributed by atoms with Crippen molar-refractivity contribution in [1.82, 2.24) is 0 Å². The first-order valence-electron chi connectivity index (χ1n) is 4.40. The van der Waals surface area contributed by atoms with Gasteiger partial charge in [-0.05, 0) is 36.6 Å². The molecule has 1 aromatic carbocycles. The number of halogens is 1. The number of carbonyl (C=O) groups excluding carboxylic acids is 1. The number of nitriles is 1. The highest BCUT2D eigenvalue weighted by Gasteiger charge is 2.01. The zero-order chi connectivity index (χ0) is 10.4. The van der Waals surface area contributed by atoms with Crippen LogP contribution < -0.4 is 0 Å². The van der Waals surface area contributed by atoms with E-state index in [4.69, 9.17) is 5.26 Å². The maximum absolute atomic E-state index is 10.1. The predicted octanol–water partition coefficient (Wildman–Crippen LogP) is 2.84. The number of hydrogen-bond donors (Lipinski definition) is 0. The molecule has 0 saturated carbocycles. The van der Waals surface area contributed by atoms with Crippen molar-refractivity contribution in [3.8, 4) is 6.07 Å². The molecule has 0 saturated heterocycles. The quantitative estimate of drug-likeness (QED) is 0.610. The van der Waals surface area contributed by atoms with Gasteiger partial charge in [-0.1, -0.05) is 15.9 Å². The van der Waals surface area contributed by atoms with Crippen LogP contribution in [0.5, 0.6) is 0 Å². The Bertz CT molecular complexity index is 368. The van der Waals surface area contributed by atoms with Gasteiger partial charge in [0.05, 0.1) is 11.6 Å². The second-order valence-electron chi connectivity index (χ2n) is 2.98. The molecule has 0 aliphatic carbocycles. The van der Waals surface area contributed by atoms with E-state index in [1.54, 1.807) is 6.07 Å². The van der Waals surface area contributed by atoms with Crippen molar-refractivity contribution in [2.24, 2.45) is 0 Å². The van der Waals surface area contributed by atoms with Gasteiger partial charge >= 0.3 is 0 Å². The molecule has 1 rings (SSSR count). The summed E-state index contributed by atoms with van der Waals surface area (Å²) in [5, 5.41) is 8.70. The summed E-state index contributed by atoms with van der Waals surface area (Å²) in [6.45, 7) is 0. The molecule has 0 heterocycles. The second-order valence-corrected chi connectivity index (χ2v) is 3.83. The first kappa shape index (κ1) is 10.9. The molecule has 0 N–H and O–H groups in total. The van der Waals surface area contributed by atoms with E-state index in [0.29, 0.717) is 12.0 Å². The Morgan fingerprint density at radius 3 is 2.93 bits per heavy atom. The Morgan fingerprint density at radius 1 is 1.50 bits per heavy atom. The van der Waals surface area contributed by atoms with Gasteiger partial charge in [0.15, 0.2) is 0 Å². The fourth-order valence-corrected chi connectivity index (χ4v) is 1.66. The molecule has 3 heteroatoms. The summed E-state index contributed by atoms with van der Waals surface area (Å²) < 4.78 is 1.00. The van der Waals surface area contributed by atoms with Crippen LogP contribution in [-0.4, -0.2) is 6.29 Å². The van der Waals surface area contributed by atoms with Gasteiger partial charge in [-0.15, -0.1) is 0 Å². The molecule has 72 valence electrons. The minimum Gasteiger partial charge on any atom is -0.303 e. The lowest BCUT2D eigenvalue weighted by Gasteiger charge is -2.02. The Labute approximate surface area is 91.7 Å². The Morgan fingerprint density at radius 2 is 2.29 bits per heavy atom. The second kappa shape index (κ2) is 5.56. The van der Waals surface area contributed by atoms with Gasteiger partial charge in [0.1, 0.15) is 6.29 Å². The van der Waals surface area contributed by atoms with Gasteiger partial charge in [0.25, 0.3) is 0 Å². The Balaban J connectivity index is 2.74. The SMILES string of the molecule is N#Cc1ccc(Br)c(CCCC=O)c1. The Kier molecular flexibility index (Phi) is 4.34. The number of carbonyl (C=O) groups is 1. The van der Waals surface area contributed by atoms with E-state index in [9.17, 15) is 4.79 Å². The van der Waals surface area contributed by atoms with Gasteiger partial charge in [0.2, 0.25) is 0 Å². The van der Waals surface area contributed by atoms with Crippen molar-refractivity contribution in [1.29, 1.82) is 5.26 Å². The molecule has 1 aromatic rings. The zero-order valence-corrected chi connectivity index (χ0v) is 9.25. The van der Waals surface area contributed by atoms with E-state index in [2.05, 4.69) is 22.0 Å². The lowest BCUT2D eigenvalue weighted by atomic mass is 10.1. The fraction of sp³-hybridized carbons (Fsp3) is 0.273. The van der Waals surface area contributed by atoms with E-state index in [1.807, 2.05) is 12.1 Å². The average molecular weight is 252 g/mol. The normalized spacial score (nSPS) is 9.43. The van der Waals surface area contributed by atoms with Crippen LogP contribution in [-0.2, 0) is 11.2 Å². The van der Waals surface area contributed by atoms with Gasteiger partial charge in [-0.25, -0.2) is 0 Å². The number of unbranched alkanes of at least 4 members (excludes halogenated alkanes) is 1. The van der Waals surface area contributed by atoms with Crippen LogP contribution in [0, 0.1) is 11.3 Å². The highest BCUT2D eigenvalue weighted by Crippen LogP contribution is 2.19. The molecule has 14 heavy (non-hydrogen) atoms. The molecule has 0 aliphatic heterocycles. The molecule has 0 unspecified atom stereocenters. The van der Waals surface area contributed by atoms with Crippen LogP contribution in [0.1, 0.15) is 24.0 Å². The zero-order valence-electron chi connectivity index (χ0n) is 7.66. The molecule has 2 nitrogen and oxygen atoms in total. The van der Waals surface area contributed by atoms with Crippen molar-refractivity contribution in [2.45, 2.75) is 19.3 Å². The first-order chi connectivity index (χ1) is 6.77. The fourth-order valence-electron chi connectivity index (χ4n) is 1.21. The molecule has 0 fully saturated rings. The lowest BCUT2D eigenvalue weighted by Crippen LogP contribution is -1.89. The number of nitrogens with zero attached hydrogens (tertiary/aromatic N) is 1. The van der Waals surface area contributed by atoms with Gasteiger partial charge in [0, 0.05) is 10.9 Å². The van der Waals surface area contributed by atoms with Crippen molar-refractivity contribution in [2.75, 3.05) is 0 Å². The molecule has 0 aliphatic rings. The predicted molar refractivity (Wildman–Crippen MR) is 57.9 cm³/mol. The van der Waals surface area contributed by atoms with E-state index < -0.39 is 0 Å². The summed E-state index contributed by atoms with van der Waals surface area (Å²) in [6, 6.07) is 7.59. The molecule has 0 spiro atoms. The van der Waals surface area contributed by atoms with Crippen molar-refractivity contribution in [3.63, 3.8) is 0 Å². The number of aldehydes is 1. The van der Waals surface area contributed by atoms with Crippen molar-refractivity contribution >= 4 is 22.2 Å². The largest absolute Gasteiger partial charge is 0.303 e. The molecule has 0 amide bonds. The molecule has 0 aromatic heterocycles. The van der Waals surface area contributed by atoms with E-state index in [0.717, 1.165) is 29.2 Å². The third kappa shape index (κ3) is 2.97. The van der Waals surface area contributed by atoms with Gasteiger partial charge < -0.3 is 4.79 Å². The lowest BCUT2D eigenvalue weighted by molar-refractivity contribution is -0.107. The summed E-state index contributed by atoms with van der Waals surface area (Å²) in [6.07, 6.45) is 3.15. The van der Waals surface area contributed by atoms with Gasteiger partial charge in [-0.2, -0.15) is 5.26 Å². The molecule has 0 radical (unpaired) electrons. The van der Waals surface area contributed by atoms with E-state index in [-0.39, 0.29) is 0 Å². The third-order valence-electron chi connectivity index (χ3n) is 1.94. The highest BCUT2D eigenvalue weighted by molar-refractivity contribution is 9.10. The van der Waals surface area contributed by atoms with E-state index >= 15 is 0 Å². The topological polar surface area (TPSA) is 40.9 Å². The first-order valence-corrected chi connectivity index (χ1v) is 5.19. The highest BCUT2D eigenvalue weighted by atomic mass is 79.9. The smallest absolute Gasteiger partial charge is 0.120 e. The molecule has 0 bridgehead atoms. The van der Waals surface area contributed by atoms with Gasteiger partial charge in [-0.3, -0.25) is 0 Å². The number of aryl methyl sites for hydroxylation is 1. The number of hydrogen-bond acceptors (Lipinski definition) is 2. The van der Waals surface area contributed by atoms with Crippen molar-refractivity contribution < 1.29 is 4.79 Å². The number of rotatable bonds is 4. The standard InChI is InChI=1S/C11H10BrNO/c12-11-5-4-9(8-13)7-10(11)3-1-2-6-14/h4-7H,1-3H2. The van der Waals surface area contributed by atoms with Crippen LogP contribution in [0.25, 0.3) is 0 Å². The summed E-state index contributed by atoms with van der Waals surface area (Å²) in [7, 11) is 0. The monoisotopic (exact) mass is 251 g/mol. The van der Waals surface area contributed by atoms with Crippen molar-refractivity contribution in [3.05, 3.63) is 33.8 Å². The van der Waals surface area contributed by atoms with Crippen LogP contribution in [0.15, 0.2) is 22.7 Å². The third-order valence-corrected chi connectivity index (χ3v) is 2.72. The molecular formula is C11H10BrNO.